The van der Waals surface area contributed by atoms with Crippen LogP contribution in [0.25, 0.3) is 0 Å². The van der Waals surface area contributed by atoms with Crippen LogP contribution in [0.3, 0.4) is 0 Å². The van der Waals surface area contributed by atoms with Crippen LogP contribution in [0.15, 0.2) is 24.3 Å². The molecule has 0 radical (unpaired) electrons. The van der Waals surface area contributed by atoms with E-state index in [1.54, 1.807) is 0 Å². The molecule has 0 aliphatic rings. The molecule has 1 rings (SSSR count). The first-order chi connectivity index (χ1) is 7.63. The molecule has 4 heteroatoms. The van der Waals surface area contributed by atoms with Crippen molar-refractivity contribution in [3.05, 3.63) is 29.8 Å². The Hall–Kier alpha value is -1.55. The van der Waals surface area contributed by atoms with E-state index in [1.807, 2.05) is 45.2 Å². The summed E-state index contributed by atoms with van der Waals surface area (Å²) < 4.78 is 5.02. The van der Waals surface area contributed by atoms with E-state index in [-0.39, 0.29) is 6.10 Å². The summed E-state index contributed by atoms with van der Waals surface area (Å²) in [4.78, 5) is 11.4. The molecule has 0 saturated carbocycles. The smallest absolute Gasteiger partial charge is 0.411 e. The van der Waals surface area contributed by atoms with Gasteiger partial charge in [0.25, 0.3) is 0 Å². The van der Waals surface area contributed by atoms with Gasteiger partial charge in [-0.25, -0.2) is 4.79 Å². The van der Waals surface area contributed by atoms with Crippen molar-refractivity contribution in [3.8, 4) is 0 Å². The maximum absolute atomic E-state index is 11.4. The van der Waals surface area contributed by atoms with Gasteiger partial charge < -0.3 is 10.1 Å². The first-order valence-corrected chi connectivity index (χ1v) is 5.33. The number of hydrogen-bond donors (Lipinski definition) is 2. The van der Waals surface area contributed by atoms with Gasteiger partial charge in [0, 0.05) is 12.2 Å². The van der Waals surface area contributed by atoms with E-state index in [1.165, 1.54) is 0 Å². The molecule has 0 spiro atoms. The normalized spacial score (nSPS) is 10.2. The number of benzene rings is 1. The predicted molar refractivity (Wildman–Crippen MR) is 64.4 cm³/mol. The molecule has 0 aliphatic carbocycles. The molecule has 16 heavy (non-hydrogen) atoms. The molecule has 4 nitrogen and oxygen atoms in total. The van der Waals surface area contributed by atoms with Crippen molar-refractivity contribution in [2.45, 2.75) is 26.5 Å². The van der Waals surface area contributed by atoms with Gasteiger partial charge in [0.05, 0.1) is 6.10 Å². The molecule has 88 valence electrons. The monoisotopic (exact) mass is 222 g/mol. The van der Waals surface area contributed by atoms with Crippen molar-refractivity contribution in [3.63, 3.8) is 0 Å². The van der Waals surface area contributed by atoms with Crippen LogP contribution in [0.4, 0.5) is 10.5 Å². The van der Waals surface area contributed by atoms with Crippen LogP contribution in [-0.4, -0.2) is 19.2 Å². The Balaban J connectivity index is 2.68. The van der Waals surface area contributed by atoms with Crippen molar-refractivity contribution >= 4 is 11.8 Å². The van der Waals surface area contributed by atoms with E-state index in [0.717, 1.165) is 11.3 Å². The molecular weight excluding hydrogens is 204 g/mol. The molecule has 0 fully saturated rings. The van der Waals surface area contributed by atoms with Crippen molar-refractivity contribution in [2.75, 3.05) is 12.4 Å². The highest BCUT2D eigenvalue weighted by Gasteiger charge is 2.07. The molecule has 0 aliphatic heterocycles. The van der Waals surface area contributed by atoms with Crippen LogP contribution in [0.2, 0.25) is 0 Å². The van der Waals surface area contributed by atoms with E-state index in [2.05, 4.69) is 10.6 Å². The molecular formula is C12H18N2O2. The lowest BCUT2D eigenvalue weighted by Crippen LogP contribution is -2.19. The van der Waals surface area contributed by atoms with Gasteiger partial charge in [0.1, 0.15) is 0 Å². The average molecular weight is 222 g/mol. The fraction of sp³-hybridized carbons (Fsp3) is 0.417. The highest BCUT2D eigenvalue weighted by Crippen LogP contribution is 2.15. The number of carbonyl (C=O) groups excluding carboxylic acids is 1. The molecule has 0 bridgehead atoms. The zero-order valence-corrected chi connectivity index (χ0v) is 9.91. The summed E-state index contributed by atoms with van der Waals surface area (Å²) in [5.74, 6) is 0. The van der Waals surface area contributed by atoms with Gasteiger partial charge in [0.2, 0.25) is 0 Å². The summed E-state index contributed by atoms with van der Waals surface area (Å²) in [5, 5.41) is 5.77. The number of ether oxygens (including phenoxy) is 1. The van der Waals surface area contributed by atoms with Crippen molar-refractivity contribution in [2.24, 2.45) is 0 Å². The minimum Gasteiger partial charge on any atom is -0.447 e. The molecule has 1 amide bonds. The fourth-order valence-corrected chi connectivity index (χ4v) is 1.34. The minimum absolute atomic E-state index is 0.114. The highest BCUT2D eigenvalue weighted by molar-refractivity contribution is 5.85. The number of anilines is 1. The largest absolute Gasteiger partial charge is 0.447 e. The zero-order valence-electron chi connectivity index (χ0n) is 9.91. The van der Waals surface area contributed by atoms with Gasteiger partial charge in [-0.15, -0.1) is 0 Å². The van der Waals surface area contributed by atoms with Gasteiger partial charge in [-0.05, 0) is 32.5 Å². The molecule has 0 atom stereocenters. The first-order valence-electron chi connectivity index (χ1n) is 5.33. The van der Waals surface area contributed by atoms with Crippen molar-refractivity contribution < 1.29 is 9.53 Å². The first kappa shape index (κ1) is 12.5. The molecule has 0 unspecified atom stereocenters. The van der Waals surface area contributed by atoms with E-state index >= 15 is 0 Å². The Kier molecular flexibility index (Phi) is 4.79. The second-order valence-corrected chi connectivity index (χ2v) is 3.77. The third-order valence-corrected chi connectivity index (χ3v) is 1.96. The van der Waals surface area contributed by atoms with Crippen molar-refractivity contribution in [1.82, 2.24) is 5.32 Å². The summed E-state index contributed by atoms with van der Waals surface area (Å²) in [7, 11) is 1.86. The molecule has 2 N–H and O–H groups in total. The topological polar surface area (TPSA) is 50.4 Å². The number of amides is 1. The van der Waals surface area contributed by atoms with E-state index in [4.69, 9.17) is 4.74 Å². The highest BCUT2D eigenvalue weighted by atomic mass is 16.6. The van der Waals surface area contributed by atoms with Gasteiger partial charge >= 0.3 is 6.09 Å². The second-order valence-electron chi connectivity index (χ2n) is 3.77. The van der Waals surface area contributed by atoms with E-state index < -0.39 is 6.09 Å². The lowest BCUT2D eigenvalue weighted by atomic mass is 10.2. The van der Waals surface area contributed by atoms with Crippen LogP contribution >= 0.6 is 0 Å². The number of nitrogens with one attached hydrogen (secondary N) is 2. The Labute approximate surface area is 96.0 Å². The van der Waals surface area contributed by atoms with Gasteiger partial charge in [0.15, 0.2) is 0 Å². The summed E-state index contributed by atoms with van der Waals surface area (Å²) in [5.41, 5.74) is 1.81. The summed E-state index contributed by atoms with van der Waals surface area (Å²) in [6.45, 7) is 4.34. The lowest BCUT2D eigenvalue weighted by Gasteiger charge is -2.12. The Morgan fingerprint density at radius 1 is 1.38 bits per heavy atom. The third-order valence-electron chi connectivity index (χ3n) is 1.96. The quantitative estimate of drug-likeness (QED) is 0.822. The summed E-state index contributed by atoms with van der Waals surface area (Å²) >= 11 is 0. The Bertz CT molecular complexity index is 351. The summed E-state index contributed by atoms with van der Waals surface area (Å²) in [6.07, 6.45) is -0.532. The summed E-state index contributed by atoms with van der Waals surface area (Å²) in [6, 6.07) is 7.63. The molecule has 0 aromatic heterocycles. The van der Waals surface area contributed by atoms with Crippen LogP contribution in [0, 0.1) is 0 Å². The van der Waals surface area contributed by atoms with E-state index in [0.29, 0.717) is 6.54 Å². The van der Waals surface area contributed by atoms with Crippen LogP contribution < -0.4 is 10.6 Å². The molecule has 1 aromatic rings. The van der Waals surface area contributed by atoms with E-state index in [9.17, 15) is 4.79 Å². The maximum atomic E-state index is 11.4. The average Bonchev–Trinajstić information content (AvgIpc) is 2.20. The van der Waals surface area contributed by atoms with Crippen LogP contribution in [-0.2, 0) is 11.3 Å². The lowest BCUT2D eigenvalue weighted by molar-refractivity contribution is 0.130. The maximum Gasteiger partial charge on any atom is 0.411 e. The standard InChI is InChI=1S/C12H18N2O2/c1-9(2)16-12(15)14-11-7-5-4-6-10(11)8-13-3/h4-7,9,13H,8H2,1-3H3,(H,14,15). The SMILES string of the molecule is CNCc1ccccc1NC(=O)OC(C)C. The van der Waals surface area contributed by atoms with Gasteiger partial charge in [-0.1, -0.05) is 18.2 Å². The second kappa shape index (κ2) is 6.12. The number of para-hydroxylation sites is 1. The van der Waals surface area contributed by atoms with Crippen LogP contribution in [0.5, 0.6) is 0 Å². The van der Waals surface area contributed by atoms with Crippen molar-refractivity contribution in [1.29, 1.82) is 0 Å². The van der Waals surface area contributed by atoms with Crippen LogP contribution in [0.1, 0.15) is 19.4 Å². The number of rotatable bonds is 4. The minimum atomic E-state index is -0.418. The third kappa shape index (κ3) is 3.90. The Morgan fingerprint density at radius 2 is 2.06 bits per heavy atom. The van der Waals surface area contributed by atoms with Gasteiger partial charge in [-0.3, -0.25) is 5.32 Å². The number of hydrogen-bond acceptors (Lipinski definition) is 3. The predicted octanol–water partition coefficient (Wildman–Crippen LogP) is 2.36. The van der Waals surface area contributed by atoms with Gasteiger partial charge in [-0.2, -0.15) is 0 Å². The Morgan fingerprint density at radius 3 is 2.69 bits per heavy atom. The zero-order chi connectivity index (χ0) is 12.0. The fourth-order valence-electron chi connectivity index (χ4n) is 1.34. The molecule has 0 saturated heterocycles. The number of carbonyl (C=O) groups is 1. The molecule has 0 heterocycles. The molecule has 1 aromatic carbocycles.